The Morgan fingerprint density at radius 1 is 1.36 bits per heavy atom. The van der Waals surface area contributed by atoms with Crippen LogP contribution in [-0.4, -0.2) is 19.6 Å². The van der Waals surface area contributed by atoms with Crippen LogP contribution in [0.25, 0.3) is 0 Å². The zero-order chi connectivity index (χ0) is 8.41. The number of aliphatic hydroxyl groups excluding tert-OH is 1. The van der Waals surface area contributed by atoms with Crippen LogP contribution in [0.4, 0.5) is 0 Å². The van der Waals surface area contributed by atoms with Gasteiger partial charge in [-0.1, -0.05) is 26.7 Å². The molecule has 0 amide bonds. The third kappa shape index (κ3) is 35.3. The minimum absolute atomic E-state index is 0. The fraction of sp³-hybridized carbons (Fsp3) is 0.875. The summed E-state index contributed by atoms with van der Waals surface area (Å²) in [6.07, 6.45) is 2.89. The van der Waals surface area contributed by atoms with Crippen LogP contribution in [0.15, 0.2) is 0 Å². The molecule has 0 aromatic carbocycles. The van der Waals surface area contributed by atoms with E-state index in [4.69, 9.17) is 13.0 Å². The van der Waals surface area contributed by atoms with Crippen LogP contribution in [-0.2, 0) is 32.7 Å². The van der Waals surface area contributed by atoms with Gasteiger partial charge in [0.1, 0.15) is 0 Å². The Balaban J connectivity index is -0.000000140. The fourth-order valence-corrected chi connectivity index (χ4v) is 0.358. The van der Waals surface area contributed by atoms with Crippen molar-refractivity contribution in [3.63, 3.8) is 0 Å². The molecular weight excluding hydrogens is 212 g/mol. The van der Waals surface area contributed by atoms with Crippen molar-refractivity contribution in [3.8, 4) is 0 Å². The van der Waals surface area contributed by atoms with E-state index < -0.39 is 0 Å². The van der Waals surface area contributed by atoms with Gasteiger partial charge in [0, 0.05) is 39.3 Å². The summed E-state index contributed by atoms with van der Waals surface area (Å²) < 4.78 is 0. The molecular formula is C8H18BOY-. The number of aliphatic hydroxyl groups is 1. The second kappa shape index (κ2) is 17.3. The molecule has 0 heterocycles. The molecule has 0 aromatic rings. The summed E-state index contributed by atoms with van der Waals surface area (Å²) in [7, 11) is 5.28. The van der Waals surface area contributed by atoms with Crippen molar-refractivity contribution >= 4 is 7.85 Å². The Morgan fingerprint density at radius 2 is 1.73 bits per heavy atom. The van der Waals surface area contributed by atoms with Crippen LogP contribution >= 0.6 is 0 Å². The van der Waals surface area contributed by atoms with Gasteiger partial charge >= 0.3 is 0 Å². The molecule has 3 radical (unpaired) electrons. The average Bonchev–Trinajstić information content (AvgIpc) is 1.85. The fourth-order valence-electron chi connectivity index (χ4n) is 0.358. The van der Waals surface area contributed by atoms with Crippen LogP contribution in [0.5, 0.6) is 0 Å². The summed E-state index contributed by atoms with van der Waals surface area (Å²) >= 11 is 0. The van der Waals surface area contributed by atoms with E-state index in [2.05, 4.69) is 13.8 Å². The Bertz CT molecular complexity index is 51.4. The van der Waals surface area contributed by atoms with E-state index in [1.165, 1.54) is 6.42 Å². The molecule has 0 aliphatic heterocycles. The topological polar surface area (TPSA) is 20.2 Å². The van der Waals surface area contributed by atoms with Crippen molar-refractivity contribution in [1.29, 1.82) is 0 Å². The molecule has 1 N–H and O–H groups in total. The maximum absolute atomic E-state index is 8.25. The third-order valence-electron chi connectivity index (χ3n) is 0.729. The molecule has 0 bridgehead atoms. The number of rotatable bonds is 3. The zero-order valence-corrected chi connectivity index (χ0v) is 10.8. The van der Waals surface area contributed by atoms with E-state index in [0.717, 1.165) is 18.7 Å². The van der Waals surface area contributed by atoms with Gasteiger partial charge in [-0.25, -0.2) is 0 Å². The SMILES string of the molecule is CCC.[B][C-](C)CCCO.[Y]. The molecule has 63 valence electrons. The first-order chi connectivity index (χ1) is 4.68. The van der Waals surface area contributed by atoms with E-state index in [-0.39, 0.29) is 39.3 Å². The Kier molecular flexibility index (Phi) is 28.3. The van der Waals surface area contributed by atoms with Crippen molar-refractivity contribution in [2.24, 2.45) is 0 Å². The first kappa shape index (κ1) is 18.0. The van der Waals surface area contributed by atoms with Gasteiger partial charge < -0.3 is 10.9 Å². The monoisotopic (exact) mass is 230 g/mol. The van der Waals surface area contributed by atoms with E-state index >= 15 is 0 Å². The summed E-state index contributed by atoms with van der Waals surface area (Å²) in [4.78, 5) is 0. The second-order valence-corrected chi connectivity index (χ2v) is 2.38. The van der Waals surface area contributed by atoms with E-state index in [0.29, 0.717) is 0 Å². The first-order valence-corrected chi connectivity index (χ1v) is 3.87. The van der Waals surface area contributed by atoms with Gasteiger partial charge in [0.15, 0.2) is 0 Å². The molecule has 0 aliphatic carbocycles. The molecule has 0 rings (SSSR count). The predicted molar refractivity (Wildman–Crippen MR) is 47.0 cm³/mol. The molecule has 0 aromatic heterocycles. The van der Waals surface area contributed by atoms with Crippen molar-refractivity contribution in [2.75, 3.05) is 6.61 Å². The van der Waals surface area contributed by atoms with E-state index in [9.17, 15) is 0 Å². The quantitative estimate of drug-likeness (QED) is 0.579. The van der Waals surface area contributed by atoms with Crippen LogP contribution in [0.3, 0.4) is 0 Å². The predicted octanol–water partition coefficient (Wildman–Crippen LogP) is 1.89. The van der Waals surface area contributed by atoms with Gasteiger partial charge in [0.25, 0.3) is 0 Å². The Labute approximate surface area is 97.6 Å². The molecule has 0 spiro atoms. The van der Waals surface area contributed by atoms with E-state index in [1.807, 2.05) is 6.92 Å². The molecule has 11 heavy (non-hydrogen) atoms. The maximum Gasteiger partial charge on any atom is 0.0406 e. The van der Waals surface area contributed by atoms with Gasteiger partial charge in [0.05, 0.1) is 0 Å². The van der Waals surface area contributed by atoms with Gasteiger partial charge in [-0.3, -0.25) is 0 Å². The van der Waals surface area contributed by atoms with Crippen LogP contribution < -0.4 is 0 Å². The number of hydrogen-bond donors (Lipinski definition) is 1. The van der Waals surface area contributed by atoms with Gasteiger partial charge in [-0.05, 0) is 0 Å². The summed E-state index contributed by atoms with van der Waals surface area (Å²) in [5.41, 5.74) is 0. The van der Waals surface area contributed by atoms with Crippen molar-refractivity contribution in [1.82, 2.24) is 0 Å². The molecule has 3 heteroatoms. The van der Waals surface area contributed by atoms with Crippen LogP contribution in [0, 0.1) is 5.82 Å². The molecule has 0 fully saturated rings. The van der Waals surface area contributed by atoms with Crippen molar-refractivity contribution in [3.05, 3.63) is 5.82 Å². The smallest absolute Gasteiger partial charge is 0.0406 e. The Morgan fingerprint density at radius 3 is 1.82 bits per heavy atom. The third-order valence-corrected chi connectivity index (χ3v) is 0.729. The molecule has 0 atom stereocenters. The molecule has 0 aliphatic rings. The van der Waals surface area contributed by atoms with Gasteiger partial charge in [0.2, 0.25) is 0 Å². The number of hydrogen-bond acceptors (Lipinski definition) is 1. The maximum atomic E-state index is 8.25. The molecule has 0 saturated carbocycles. The first-order valence-electron chi connectivity index (χ1n) is 3.87. The standard InChI is InChI=1S/C5H10BO.C3H8.Y/c1-5(6)3-2-4-7;1-3-2;/h7H,2-4H2,1H3;3H2,1-2H3;/q-1;;. The molecule has 0 saturated heterocycles. The minimum Gasteiger partial charge on any atom is -0.396 e. The van der Waals surface area contributed by atoms with Crippen molar-refractivity contribution in [2.45, 2.75) is 40.0 Å². The van der Waals surface area contributed by atoms with E-state index in [1.54, 1.807) is 0 Å². The zero-order valence-electron chi connectivity index (χ0n) is 7.93. The Hall–Kier alpha value is 1.13. The van der Waals surface area contributed by atoms with Crippen LogP contribution in [0.2, 0.25) is 0 Å². The minimum atomic E-state index is 0. The summed E-state index contributed by atoms with van der Waals surface area (Å²) in [6.45, 7) is 6.35. The van der Waals surface area contributed by atoms with Crippen LogP contribution in [0.1, 0.15) is 40.0 Å². The summed E-state index contributed by atoms with van der Waals surface area (Å²) in [6, 6.07) is 0. The largest absolute Gasteiger partial charge is 0.396 e. The van der Waals surface area contributed by atoms with Gasteiger partial charge in [-0.15, -0.1) is 0 Å². The van der Waals surface area contributed by atoms with Crippen molar-refractivity contribution < 1.29 is 37.8 Å². The molecule has 0 unspecified atom stereocenters. The normalized spacial score (nSPS) is 8.09. The summed E-state index contributed by atoms with van der Waals surface area (Å²) in [5.74, 6) is 0.897. The molecule has 1 nitrogen and oxygen atoms in total. The second-order valence-electron chi connectivity index (χ2n) is 2.38. The summed E-state index contributed by atoms with van der Waals surface area (Å²) in [5, 5.41) is 8.25. The average molecular weight is 230 g/mol. The van der Waals surface area contributed by atoms with Gasteiger partial charge in [-0.2, -0.15) is 21.2 Å².